The molecule has 2 N–H and O–H groups in total. The average molecular weight is 692 g/mol. The summed E-state index contributed by atoms with van der Waals surface area (Å²) in [5, 5.41) is 15.0. The number of rotatable bonds is 11. The monoisotopic (exact) mass is 690 g/mol. The number of nitrogens with one attached hydrogen (secondary N) is 2. The van der Waals surface area contributed by atoms with Crippen molar-refractivity contribution in [3.8, 4) is 11.1 Å². The zero-order chi connectivity index (χ0) is 32.3. The van der Waals surface area contributed by atoms with E-state index >= 15 is 0 Å². The molecule has 0 fully saturated rings. The maximum Gasteiger partial charge on any atom is 0.270 e. The maximum absolute atomic E-state index is 14.0. The summed E-state index contributed by atoms with van der Waals surface area (Å²) in [5.74, 6) is -0.765. The molecule has 1 aliphatic rings. The first-order chi connectivity index (χ1) is 21.4. The highest BCUT2D eigenvalue weighted by Gasteiger charge is 2.35. The van der Waals surface area contributed by atoms with Gasteiger partial charge in [0, 0.05) is 55.3 Å². The van der Waals surface area contributed by atoms with Crippen LogP contribution in [0.25, 0.3) is 11.1 Å². The zero-order valence-electron chi connectivity index (χ0n) is 27.0. The lowest BCUT2D eigenvalue weighted by atomic mass is 9.78. The predicted octanol–water partition coefficient (Wildman–Crippen LogP) is 6.83. The van der Waals surface area contributed by atoms with Crippen LogP contribution in [0.4, 0.5) is 5.69 Å². The van der Waals surface area contributed by atoms with Gasteiger partial charge in [-0.1, -0.05) is 53.8 Å². The van der Waals surface area contributed by atoms with E-state index in [0.717, 1.165) is 64.5 Å². The molecule has 0 saturated carbocycles. The molecule has 5 rings (SSSR count). The number of hydrogen-bond donors (Lipinski definition) is 2. The van der Waals surface area contributed by atoms with Crippen molar-refractivity contribution >= 4 is 41.5 Å². The summed E-state index contributed by atoms with van der Waals surface area (Å²) in [6, 6.07) is 16.0. The van der Waals surface area contributed by atoms with Gasteiger partial charge in [-0.05, 0) is 86.2 Å². The highest BCUT2D eigenvalue weighted by atomic mass is 79.9. The van der Waals surface area contributed by atoms with Gasteiger partial charge in [0.2, 0.25) is 5.91 Å². The number of ether oxygens (including phenoxy) is 1. The smallest absolute Gasteiger partial charge is 0.270 e. The van der Waals surface area contributed by atoms with Gasteiger partial charge >= 0.3 is 0 Å². The molecule has 2 aromatic heterocycles. The normalized spacial score (nSPS) is 15.4. The van der Waals surface area contributed by atoms with Gasteiger partial charge in [0.15, 0.2) is 0 Å². The SMILES string of the molecule is Cc1nn(COCC[Si](C)(C)C)c(C)c1-c1ccc(NC(=O)[C@@H](NC(=O)c2ccnn2C)[C@H]2CCCc3ccc(Br)cc32)cc1. The highest BCUT2D eigenvalue weighted by Crippen LogP contribution is 2.36. The van der Waals surface area contributed by atoms with Crippen LogP contribution in [-0.2, 0) is 29.7 Å². The quantitative estimate of drug-likeness (QED) is 0.133. The molecule has 4 aromatic rings. The first-order valence-electron chi connectivity index (χ1n) is 15.5. The first-order valence-corrected chi connectivity index (χ1v) is 20.0. The van der Waals surface area contributed by atoms with E-state index in [1.54, 1.807) is 19.3 Å². The van der Waals surface area contributed by atoms with Gasteiger partial charge in [-0.15, -0.1) is 0 Å². The molecule has 11 heteroatoms. The number of hydrogen-bond acceptors (Lipinski definition) is 5. The van der Waals surface area contributed by atoms with Crippen molar-refractivity contribution in [1.82, 2.24) is 24.9 Å². The maximum atomic E-state index is 14.0. The molecule has 2 atom stereocenters. The molecule has 0 spiro atoms. The van der Waals surface area contributed by atoms with Gasteiger partial charge in [-0.25, -0.2) is 4.68 Å². The Bertz CT molecular complexity index is 1670. The largest absolute Gasteiger partial charge is 0.360 e. The fourth-order valence-corrected chi connectivity index (χ4v) is 7.16. The molecule has 0 saturated heterocycles. The van der Waals surface area contributed by atoms with Gasteiger partial charge in [0.1, 0.15) is 18.5 Å². The van der Waals surface area contributed by atoms with E-state index in [0.29, 0.717) is 18.1 Å². The van der Waals surface area contributed by atoms with Crippen LogP contribution in [0.3, 0.4) is 0 Å². The molecular formula is C34H43BrN6O3Si. The van der Waals surface area contributed by atoms with Crippen LogP contribution in [-0.4, -0.2) is 52.1 Å². The van der Waals surface area contributed by atoms with Crippen molar-refractivity contribution in [2.75, 3.05) is 11.9 Å². The molecule has 9 nitrogen and oxygen atoms in total. The third-order valence-corrected chi connectivity index (χ3v) is 10.7. The number of halogens is 1. The summed E-state index contributed by atoms with van der Waals surface area (Å²) in [7, 11) is 0.562. The Morgan fingerprint density at radius 1 is 1.11 bits per heavy atom. The van der Waals surface area contributed by atoms with Crippen molar-refractivity contribution in [2.24, 2.45) is 7.05 Å². The fourth-order valence-electron chi connectivity index (χ4n) is 6.02. The number of carbonyl (C=O) groups is 2. The van der Waals surface area contributed by atoms with Crippen LogP contribution < -0.4 is 10.6 Å². The summed E-state index contributed by atoms with van der Waals surface area (Å²) in [6.07, 6.45) is 4.25. The van der Waals surface area contributed by atoms with Gasteiger partial charge in [0.05, 0.1) is 5.69 Å². The Morgan fingerprint density at radius 2 is 1.87 bits per heavy atom. The summed E-state index contributed by atoms with van der Waals surface area (Å²) >= 11 is 3.60. The summed E-state index contributed by atoms with van der Waals surface area (Å²) in [6.45, 7) is 12.3. The Labute approximate surface area is 274 Å². The van der Waals surface area contributed by atoms with Crippen molar-refractivity contribution in [2.45, 2.75) is 77.5 Å². The number of benzene rings is 2. The van der Waals surface area contributed by atoms with E-state index in [2.05, 4.69) is 70.4 Å². The van der Waals surface area contributed by atoms with Gasteiger partial charge in [-0.3, -0.25) is 14.3 Å². The standard InChI is InChI=1S/C34H43BrN6O3Si/c1-22-31(23(2)41(39-22)21-44-18-19-45(4,5)6)25-11-14-27(15-12-25)37-34(43)32(38-33(42)30-16-17-36-40(30)3)28-9-7-8-24-10-13-26(35)20-29(24)28/h10-17,20,28,32H,7-9,18-19,21H2,1-6H3,(H,37,43)(H,38,42)/t28-,32-/m0/s1. The molecule has 2 amide bonds. The van der Waals surface area contributed by atoms with E-state index in [-0.39, 0.29) is 17.7 Å². The van der Waals surface area contributed by atoms with Crippen LogP contribution in [0.15, 0.2) is 59.2 Å². The summed E-state index contributed by atoms with van der Waals surface area (Å²) < 4.78 is 10.3. The summed E-state index contributed by atoms with van der Waals surface area (Å²) in [5.41, 5.74) is 7.40. The van der Waals surface area contributed by atoms with Crippen LogP contribution in [0.2, 0.25) is 25.7 Å². The zero-order valence-corrected chi connectivity index (χ0v) is 29.6. The van der Waals surface area contributed by atoms with Crippen LogP contribution in [0.5, 0.6) is 0 Å². The second kappa shape index (κ2) is 13.8. The molecule has 0 aliphatic heterocycles. The molecular weight excluding hydrogens is 648 g/mol. The van der Waals surface area contributed by atoms with Crippen molar-refractivity contribution in [1.29, 1.82) is 0 Å². The Balaban J connectivity index is 1.34. The van der Waals surface area contributed by atoms with Gasteiger partial charge in [-0.2, -0.15) is 10.2 Å². The van der Waals surface area contributed by atoms with E-state index in [1.807, 2.05) is 41.9 Å². The van der Waals surface area contributed by atoms with Crippen molar-refractivity contribution < 1.29 is 14.3 Å². The molecule has 0 bridgehead atoms. The molecule has 45 heavy (non-hydrogen) atoms. The van der Waals surface area contributed by atoms with Crippen LogP contribution in [0, 0.1) is 13.8 Å². The second-order valence-electron chi connectivity index (χ2n) is 13.1. The molecule has 2 aromatic carbocycles. The minimum absolute atomic E-state index is 0.174. The Kier molecular flexibility index (Phi) is 10.1. The minimum Gasteiger partial charge on any atom is -0.360 e. The predicted molar refractivity (Wildman–Crippen MR) is 184 cm³/mol. The lowest BCUT2D eigenvalue weighted by Crippen LogP contribution is -2.48. The number of carbonyl (C=O) groups excluding carboxylic acids is 2. The second-order valence-corrected chi connectivity index (χ2v) is 19.6. The summed E-state index contributed by atoms with van der Waals surface area (Å²) in [4.78, 5) is 27.3. The van der Waals surface area contributed by atoms with E-state index in [1.165, 1.54) is 10.2 Å². The number of aromatic nitrogens is 4. The molecule has 238 valence electrons. The van der Waals surface area contributed by atoms with Crippen LogP contribution >= 0.6 is 15.9 Å². The van der Waals surface area contributed by atoms with Crippen molar-refractivity contribution in [3.05, 3.63) is 87.4 Å². The number of anilines is 1. The minimum atomic E-state index is -1.15. The molecule has 0 radical (unpaired) electrons. The number of amides is 2. The van der Waals surface area contributed by atoms with Crippen molar-refractivity contribution in [3.63, 3.8) is 0 Å². The molecule has 2 heterocycles. The van der Waals surface area contributed by atoms with Gasteiger partial charge < -0.3 is 15.4 Å². The Hall–Kier alpha value is -3.54. The average Bonchev–Trinajstić information content (AvgIpc) is 3.55. The molecule has 1 aliphatic carbocycles. The first kappa shape index (κ1) is 32.8. The highest BCUT2D eigenvalue weighted by molar-refractivity contribution is 9.10. The van der Waals surface area contributed by atoms with Gasteiger partial charge in [0.25, 0.3) is 5.91 Å². The molecule has 0 unspecified atom stereocenters. The Morgan fingerprint density at radius 3 is 2.56 bits per heavy atom. The van der Waals surface area contributed by atoms with E-state index < -0.39 is 14.1 Å². The lowest BCUT2D eigenvalue weighted by molar-refractivity contribution is -0.118. The number of nitrogens with zero attached hydrogens (tertiary/aromatic N) is 4. The topological polar surface area (TPSA) is 103 Å². The van der Waals surface area contributed by atoms with E-state index in [4.69, 9.17) is 9.84 Å². The third-order valence-electron chi connectivity index (χ3n) is 8.53. The lowest BCUT2D eigenvalue weighted by Gasteiger charge is -2.32. The third kappa shape index (κ3) is 7.82. The fraction of sp³-hybridized carbons (Fsp3) is 0.412. The number of aryl methyl sites for hydroxylation is 3. The number of fused-ring (bicyclic) bond motifs is 1. The van der Waals surface area contributed by atoms with E-state index in [9.17, 15) is 9.59 Å². The van der Waals surface area contributed by atoms with Crippen LogP contribution in [0.1, 0.15) is 51.8 Å².